The minimum absolute atomic E-state index is 0. The largest absolute Gasteiger partial charge is 0.459 e. The molecule has 0 spiro atoms. The highest BCUT2D eigenvalue weighted by atomic mass is 35.5. The van der Waals surface area contributed by atoms with Gasteiger partial charge in [0.05, 0.1) is 18.3 Å². The summed E-state index contributed by atoms with van der Waals surface area (Å²) in [6, 6.07) is 6.55. The molecule has 2 fully saturated rings. The third-order valence-electron chi connectivity index (χ3n) is 4.90. The maximum atomic E-state index is 11.9. The van der Waals surface area contributed by atoms with Gasteiger partial charge in [-0.2, -0.15) is 0 Å². The number of hydrogen-bond acceptors (Lipinski definition) is 5. The lowest BCUT2D eigenvalue weighted by molar-refractivity contribution is -0.0718. The zero-order valence-electron chi connectivity index (χ0n) is 13.7. The summed E-state index contributed by atoms with van der Waals surface area (Å²) in [4.78, 5) is 14.4. The van der Waals surface area contributed by atoms with E-state index >= 15 is 0 Å². The van der Waals surface area contributed by atoms with Crippen molar-refractivity contribution in [1.29, 1.82) is 0 Å². The summed E-state index contributed by atoms with van der Waals surface area (Å²) in [6.07, 6.45) is 0.853. The van der Waals surface area contributed by atoms with Crippen LogP contribution in [0, 0.1) is 0 Å². The first-order chi connectivity index (χ1) is 10.7. The van der Waals surface area contributed by atoms with Crippen LogP contribution in [0.25, 0.3) is 0 Å². The molecule has 0 radical (unpaired) electrons. The predicted molar refractivity (Wildman–Crippen MR) is 96.4 cm³/mol. The fourth-order valence-corrected chi connectivity index (χ4v) is 3.68. The Kier molecular flexibility index (Phi) is 6.51. The molecule has 3 heterocycles. The zero-order valence-corrected chi connectivity index (χ0v) is 15.3. The van der Waals surface area contributed by atoms with Crippen molar-refractivity contribution in [3.63, 3.8) is 0 Å². The lowest BCUT2D eigenvalue weighted by Gasteiger charge is -2.42. The lowest BCUT2D eigenvalue weighted by Crippen LogP contribution is -2.57. The number of fused-ring (bicyclic) bond motifs is 2. The maximum absolute atomic E-state index is 11.9. The van der Waals surface area contributed by atoms with E-state index in [9.17, 15) is 4.79 Å². The Bertz CT molecular complexity index is 599. The fraction of sp³-hybridized carbons (Fsp3) is 0.588. The van der Waals surface area contributed by atoms with Gasteiger partial charge in [0.15, 0.2) is 0 Å². The second-order valence-corrected chi connectivity index (χ2v) is 6.51. The first-order valence-electron chi connectivity index (χ1n) is 8.11. The van der Waals surface area contributed by atoms with Gasteiger partial charge >= 0.3 is 5.97 Å². The molecule has 0 amide bonds. The van der Waals surface area contributed by atoms with Crippen LogP contribution in [0.1, 0.15) is 34.5 Å². The van der Waals surface area contributed by atoms with Gasteiger partial charge in [-0.25, -0.2) is 4.79 Å². The van der Waals surface area contributed by atoms with Crippen molar-refractivity contribution in [2.45, 2.75) is 31.6 Å². The van der Waals surface area contributed by atoms with E-state index in [0.29, 0.717) is 11.6 Å². The Morgan fingerprint density at radius 1 is 1.29 bits per heavy atom. The monoisotopic (exact) mass is 374 g/mol. The quantitative estimate of drug-likeness (QED) is 0.761. The van der Waals surface area contributed by atoms with Gasteiger partial charge in [-0.05, 0) is 24.1 Å². The van der Waals surface area contributed by atoms with Crippen molar-refractivity contribution in [3.8, 4) is 0 Å². The number of rotatable bonds is 1. The average molecular weight is 375 g/mol. The first-order valence-corrected chi connectivity index (χ1v) is 8.11. The molecule has 24 heavy (non-hydrogen) atoms. The van der Waals surface area contributed by atoms with Crippen LogP contribution in [0.3, 0.4) is 0 Å². The molecule has 0 saturated carbocycles. The van der Waals surface area contributed by atoms with Crippen LogP contribution in [0.2, 0.25) is 0 Å². The smallest absolute Gasteiger partial charge is 0.338 e. The number of piperazine rings is 1. The molecule has 3 atom stereocenters. The number of halogens is 2. The number of nitrogens with zero attached hydrogens (tertiary/aromatic N) is 1. The second kappa shape index (κ2) is 8.02. The standard InChI is InChI=1S/C17H22N2O3.2ClH/c1-11-6-13-7-12(2-3-15(13)17(20)22-11)16-9-19-5-4-18-8-14(19)10-21-16;;/h2-3,7,11,14,16,18H,4-6,8-10H2,1H3;2*1H/t11-,14+,16+;;/m1../s1. The molecule has 7 heteroatoms. The van der Waals surface area contributed by atoms with Gasteiger partial charge in [-0.15, -0.1) is 24.8 Å². The molecule has 0 bridgehead atoms. The summed E-state index contributed by atoms with van der Waals surface area (Å²) >= 11 is 0. The normalized spacial score (nSPS) is 29.4. The molecule has 0 aromatic heterocycles. The number of esters is 1. The molecule has 0 aliphatic carbocycles. The van der Waals surface area contributed by atoms with Crippen molar-refractivity contribution in [2.24, 2.45) is 0 Å². The van der Waals surface area contributed by atoms with Gasteiger partial charge in [0.2, 0.25) is 0 Å². The van der Waals surface area contributed by atoms with Gasteiger partial charge in [-0.1, -0.05) is 12.1 Å². The molecule has 4 rings (SSSR count). The number of morpholine rings is 1. The van der Waals surface area contributed by atoms with E-state index < -0.39 is 0 Å². The molecule has 1 aromatic carbocycles. The van der Waals surface area contributed by atoms with E-state index in [0.717, 1.165) is 44.8 Å². The van der Waals surface area contributed by atoms with E-state index in [1.54, 1.807) is 0 Å². The SMILES string of the molecule is C[C@@H]1Cc2cc([C@@H]3CN4CCNC[C@H]4CO3)ccc2C(=O)O1.Cl.Cl. The number of carbonyl (C=O) groups is 1. The number of nitrogens with one attached hydrogen (secondary N) is 1. The molecule has 3 aliphatic rings. The third-order valence-corrected chi connectivity index (χ3v) is 4.90. The predicted octanol–water partition coefficient (Wildman–Crippen LogP) is 1.98. The second-order valence-electron chi connectivity index (χ2n) is 6.51. The molecular formula is C17H24Cl2N2O3. The number of benzene rings is 1. The van der Waals surface area contributed by atoms with Crippen molar-refractivity contribution in [2.75, 3.05) is 32.8 Å². The Balaban J connectivity index is 0.00000104. The molecule has 1 aromatic rings. The summed E-state index contributed by atoms with van der Waals surface area (Å²) in [5.74, 6) is -0.202. The van der Waals surface area contributed by atoms with E-state index in [2.05, 4.69) is 16.3 Å². The fourth-order valence-electron chi connectivity index (χ4n) is 3.68. The number of cyclic esters (lactones) is 1. The Hall–Kier alpha value is -0.850. The minimum atomic E-state index is -0.202. The van der Waals surface area contributed by atoms with E-state index in [4.69, 9.17) is 9.47 Å². The number of carbonyl (C=O) groups excluding carboxylic acids is 1. The van der Waals surface area contributed by atoms with Gasteiger partial charge in [0.25, 0.3) is 0 Å². The van der Waals surface area contributed by atoms with Crippen LogP contribution in [-0.2, 0) is 15.9 Å². The van der Waals surface area contributed by atoms with Gasteiger partial charge in [0.1, 0.15) is 6.10 Å². The highest BCUT2D eigenvalue weighted by Crippen LogP contribution is 2.29. The first kappa shape index (κ1) is 19.5. The summed E-state index contributed by atoms with van der Waals surface area (Å²) in [7, 11) is 0. The highest BCUT2D eigenvalue weighted by Gasteiger charge is 2.32. The van der Waals surface area contributed by atoms with Gasteiger partial charge in [-0.3, -0.25) is 4.90 Å². The average Bonchev–Trinajstić information content (AvgIpc) is 2.53. The molecule has 5 nitrogen and oxygen atoms in total. The van der Waals surface area contributed by atoms with Crippen LogP contribution < -0.4 is 5.32 Å². The number of ether oxygens (including phenoxy) is 2. The Morgan fingerprint density at radius 2 is 2.12 bits per heavy atom. The Morgan fingerprint density at radius 3 is 2.96 bits per heavy atom. The van der Waals surface area contributed by atoms with E-state index in [-0.39, 0.29) is 43.0 Å². The van der Waals surface area contributed by atoms with E-state index in [1.165, 1.54) is 5.56 Å². The van der Waals surface area contributed by atoms with Gasteiger partial charge < -0.3 is 14.8 Å². The highest BCUT2D eigenvalue weighted by molar-refractivity contribution is 5.92. The van der Waals surface area contributed by atoms with Crippen LogP contribution in [0.5, 0.6) is 0 Å². The van der Waals surface area contributed by atoms with Crippen molar-refractivity contribution in [1.82, 2.24) is 10.2 Å². The molecular weight excluding hydrogens is 351 g/mol. The van der Waals surface area contributed by atoms with Crippen molar-refractivity contribution >= 4 is 30.8 Å². The van der Waals surface area contributed by atoms with Gasteiger partial charge in [0, 0.05) is 38.6 Å². The van der Waals surface area contributed by atoms with Crippen molar-refractivity contribution < 1.29 is 14.3 Å². The lowest BCUT2D eigenvalue weighted by atomic mass is 9.94. The van der Waals surface area contributed by atoms with Crippen LogP contribution in [-0.4, -0.2) is 55.8 Å². The minimum Gasteiger partial charge on any atom is -0.459 e. The molecule has 3 aliphatic heterocycles. The topological polar surface area (TPSA) is 50.8 Å². The molecule has 1 N–H and O–H groups in total. The third kappa shape index (κ3) is 3.70. The summed E-state index contributed by atoms with van der Waals surface area (Å²) in [5.41, 5.74) is 2.97. The Labute approximate surface area is 154 Å². The molecule has 0 unspecified atom stereocenters. The van der Waals surface area contributed by atoms with Crippen LogP contribution >= 0.6 is 24.8 Å². The summed E-state index contributed by atoms with van der Waals surface area (Å²) < 4.78 is 11.4. The van der Waals surface area contributed by atoms with E-state index in [1.807, 2.05) is 19.1 Å². The summed E-state index contributed by atoms with van der Waals surface area (Å²) in [6.45, 7) is 6.80. The molecule has 2 saturated heterocycles. The summed E-state index contributed by atoms with van der Waals surface area (Å²) in [5, 5.41) is 3.42. The number of hydrogen-bond donors (Lipinski definition) is 1. The zero-order chi connectivity index (χ0) is 15.1. The van der Waals surface area contributed by atoms with Crippen LogP contribution in [0.4, 0.5) is 0 Å². The molecule has 134 valence electrons. The van der Waals surface area contributed by atoms with Crippen molar-refractivity contribution in [3.05, 3.63) is 34.9 Å². The maximum Gasteiger partial charge on any atom is 0.338 e. The van der Waals surface area contributed by atoms with Crippen LogP contribution in [0.15, 0.2) is 18.2 Å².